The number of nitrogens with zero attached hydrogens (tertiary/aromatic N) is 2. The molecule has 0 bridgehead atoms. The van der Waals surface area contributed by atoms with E-state index in [1.54, 1.807) is 11.3 Å². The van der Waals surface area contributed by atoms with Crippen molar-refractivity contribution in [2.45, 2.75) is 32.2 Å². The van der Waals surface area contributed by atoms with Crippen molar-refractivity contribution in [2.24, 2.45) is 5.92 Å². The lowest BCUT2D eigenvalue weighted by Crippen LogP contribution is -2.42. The van der Waals surface area contributed by atoms with E-state index in [1.807, 2.05) is 19.1 Å². The average molecular weight is 380 g/mol. The van der Waals surface area contributed by atoms with Gasteiger partial charge in [-0.25, -0.2) is 4.98 Å². The molecule has 0 saturated carbocycles. The maximum Gasteiger partial charge on any atom is 0.225 e. The second-order valence-electron chi connectivity index (χ2n) is 6.84. The summed E-state index contributed by atoms with van der Waals surface area (Å²) in [4.78, 5) is 19.6. The summed E-state index contributed by atoms with van der Waals surface area (Å²) in [6, 6.07) is 4.22. The molecule has 0 radical (unpaired) electrons. The van der Waals surface area contributed by atoms with E-state index < -0.39 is 0 Å². The summed E-state index contributed by atoms with van der Waals surface area (Å²) in [6.45, 7) is 5.10. The zero-order chi connectivity index (χ0) is 17.4. The van der Waals surface area contributed by atoms with Crippen molar-refractivity contribution in [1.82, 2.24) is 10.3 Å². The van der Waals surface area contributed by atoms with Crippen LogP contribution in [-0.4, -0.2) is 43.2 Å². The number of hydrogen-bond donors (Lipinski definition) is 1. The van der Waals surface area contributed by atoms with Gasteiger partial charge in [0.05, 0.1) is 16.1 Å². The molecule has 134 valence electrons. The van der Waals surface area contributed by atoms with E-state index >= 15 is 0 Å². The fourth-order valence-electron chi connectivity index (χ4n) is 3.53. The quantitative estimate of drug-likeness (QED) is 0.888. The monoisotopic (exact) mass is 379 g/mol. The van der Waals surface area contributed by atoms with Crippen molar-refractivity contribution in [2.75, 3.05) is 31.2 Å². The summed E-state index contributed by atoms with van der Waals surface area (Å²) in [7, 11) is 0. The predicted octanol–water partition coefficient (Wildman–Crippen LogP) is 3.38. The molecule has 0 aliphatic carbocycles. The summed E-state index contributed by atoms with van der Waals surface area (Å²) in [5, 5.41) is 4.93. The molecule has 3 heterocycles. The molecule has 4 rings (SSSR count). The molecular weight excluding hydrogens is 358 g/mol. The number of amides is 1. The number of thiazole rings is 1. The highest BCUT2D eigenvalue weighted by molar-refractivity contribution is 7.22. The second kappa shape index (κ2) is 7.09. The van der Waals surface area contributed by atoms with Crippen LogP contribution >= 0.6 is 22.9 Å². The van der Waals surface area contributed by atoms with Gasteiger partial charge in [-0.05, 0) is 43.9 Å². The first-order valence-electron chi connectivity index (χ1n) is 8.80. The van der Waals surface area contributed by atoms with Gasteiger partial charge in [-0.15, -0.1) is 0 Å². The van der Waals surface area contributed by atoms with Crippen molar-refractivity contribution < 1.29 is 9.53 Å². The maximum atomic E-state index is 12.5. The minimum absolute atomic E-state index is 0.0412. The number of aryl methyl sites for hydroxylation is 1. The van der Waals surface area contributed by atoms with Crippen LogP contribution in [0.1, 0.15) is 24.8 Å². The van der Waals surface area contributed by atoms with E-state index in [0.717, 1.165) is 71.5 Å². The molecule has 1 unspecified atom stereocenters. The number of benzene rings is 1. The molecule has 1 amide bonds. The van der Waals surface area contributed by atoms with Crippen LogP contribution in [0, 0.1) is 12.8 Å². The molecule has 5 nitrogen and oxygen atoms in total. The Kier molecular flexibility index (Phi) is 4.84. The Bertz CT molecular complexity index is 788. The van der Waals surface area contributed by atoms with Crippen LogP contribution in [0.2, 0.25) is 5.02 Å². The first-order valence-corrected chi connectivity index (χ1v) is 10.00. The van der Waals surface area contributed by atoms with E-state index in [-0.39, 0.29) is 17.9 Å². The number of carbonyl (C=O) groups is 1. The number of halogens is 1. The zero-order valence-corrected chi connectivity index (χ0v) is 15.8. The summed E-state index contributed by atoms with van der Waals surface area (Å²) in [6.07, 6.45) is 2.71. The van der Waals surface area contributed by atoms with Gasteiger partial charge in [0.1, 0.15) is 0 Å². The SMILES string of the molecule is Cc1c(Cl)ccc2sc(N3CCC(C(=O)NC4CCOCC4)C3)nc12. The van der Waals surface area contributed by atoms with Gasteiger partial charge in [-0.3, -0.25) is 4.79 Å². The van der Waals surface area contributed by atoms with Crippen molar-refractivity contribution in [3.63, 3.8) is 0 Å². The highest BCUT2D eigenvalue weighted by Crippen LogP contribution is 2.35. The van der Waals surface area contributed by atoms with Crippen LogP contribution in [0.3, 0.4) is 0 Å². The Morgan fingerprint density at radius 1 is 1.36 bits per heavy atom. The van der Waals surface area contributed by atoms with Crippen molar-refractivity contribution in [1.29, 1.82) is 0 Å². The predicted molar refractivity (Wildman–Crippen MR) is 102 cm³/mol. The Labute approximate surface area is 156 Å². The lowest BCUT2D eigenvalue weighted by atomic mass is 10.1. The lowest BCUT2D eigenvalue weighted by Gasteiger charge is -2.24. The number of anilines is 1. The molecule has 7 heteroatoms. The van der Waals surface area contributed by atoms with Crippen molar-refractivity contribution in [3.8, 4) is 0 Å². The van der Waals surface area contributed by atoms with Gasteiger partial charge >= 0.3 is 0 Å². The molecular formula is C18H22ClN3O2S. The summed E-state index contributed by atoms with van der Waals surface area (Å²) in [5.74, 6) is 0.217. The Morgan fingerprint density at radius 3 is 2.96 bits per heavy atom. The molecule has 1 N–H and O–H groups in total. The van der Waals surface area contributed by atoms with Crippen LogP contribution in [0.15, 0.2) is 12.1 Å². The number of hydrogen-bond acceptors (Lipinski definition) is 5. The first-order chi connectivity index (χ1) is 12.1. The molecule has 2 aliphatic heterocycles. The topological polar surface area (TPSA) is 54.5 Å². The molecule has 2 fully saturated rings. The van der Waals surface area contributed by atoms with Gasteiger partial charge in [0.25, 0.3) is 0 Å². The zero-order valence-electron chi connectivity index (χ0n) is 14.3. The molecule has 1 atom stereocenters. The molecule has 2 aliphatic rings. The van der Waals surface area contributed by atoms with Crippen molar-refractivity contribution >= 4 is 44.2 Å². The summed E-state index contributed by atoms with van der Waals surface area (Å²) < 4.78 is 6.50. The molecule has 25 heavy (non-hydrogen) atoms. The number of nitrogens with one attached hydrogen (secondary N) is 1. The summed E-state index contributed by atoms with van der Waals surface area (Å²) in [5.41, 5.74) is 2.00. The minimum atomic E-state index is 0.0412. The van der Waals surface area contributed by atoms with Gasteiger partial charge in [-0.2, -0.15) is 0 Å². The fourth-order valence-corrected chi connectivity index (χ4v) is 4.75. The van der Waals surface area contributed by atoms with Gasteiger partial charge < -0.3 is 15.0 Å². The van der Waals surface area contributed by atoms with Gasteiger partial charge in [0, 0.05) is 37.4 Å². The van der Waals surface area contributed by atoms with E-state index in [4.69, 9.17) is 21.3 Å². The standard InChI is InChI=1S/C18H22ClN3O2S/c1-11-14(19)2-3-15-16(11)21-18(25-15)22-7-4-12(10-22)17(23)20-13-5-8-24-9-6-13/h2-3,12-13H,4-10H2,1H3,(H,20,23). The lowest BCUT2D eigenvalue weighted by molar-refractivity contribution is -0.125. The highest BCUT2D eigenvalue weighted by Gasteiger charge is 2.31. The van der Waals surface area contributed by atoms with Crippen LogP contribution in [0.25, 0.3) is 10.2 Å². The van der Waals surface area contributed by atoms with E-state index in [1.165, 1.54) is 0 Å². The van der Waals surface area contributed by atoms with E-state index in [2.05, 4.69) is 10.2 Å². The Morgan fingerprint density at radius 2 is 2.16 bits per heavy atom. The largest absolute Gasteiger partial charge is 0.381 e. The van der Waals surface area contributed by atoms with Gasteiger partial charge in [0.15, 0.2) is 5.13 Å². The molecule has 1 aromatic carbocycles. The van der Waals surface area contributed by atoms with Gasteiger partial charge in [-0.1, -0.05) is 22.9 Å². The second-order valence-corrected chi connectivity index (χ2v) is 8.26. The van der Waals surface area contributed by atoms with Crippen LogP contribution in [0.4, 0.5) is 5.13 Å². The van der Waals surface area contributed by atoms with E-state index in [0.29, 0.717) is 0 Å². The Hall–Kier alpha value is -1.37. The number of rotatable bonds is 3. The third-order valence-electron chi connectivity index (χ3n) is 5.13. The highest BCUT2D eigenvalue weighted by atomic mass is 35.5. The fraction of sp³-hybridized carbons (Fsp3) is 0.556. The minimum Gasteiger partial charge on any atom is -0.381 e. The third kappa shape index (κ3) is 3.48. The van der Waals surface area contributed by atoms with Crippen LogP contribution in [0.5, 0.6) is 0 Å². The van der Waals surface area contributed by atoms with Gasteiger partial charge in [0.2, 0.25) is 5.91 Å². The third-order valence-corrected chi connectivity index (χ3v) is 6.62. The smallest absolute Gasteiger partial charge is 0.225 e. The van der Waals surface area contributed by atoms with E-state index in [9.17, 15) is 4.79 Å². The molecule has 2 saturated heterocycles. The molecule has 1 aromatic heterocycles. The molecule has 0 spiro atoms. The van der Waals surface area contributed by atoms with Crippen LogP contribution < -0.4 is 10.2 Å². The Balaban J connectivity index is 1.43. The number of carbonyl (C=O) groups excluding carboxylic acids is 1. The normalized spacial score (nSPS) is 21.8. The average Bonchev–Trinajstić information content (AvgIpc) is 3.26. The van der Waals surface area contributed by atoms with Crippen LogP contribution in [-0.2, 0) is 9.53 Å². The number of fused-ring (bicyclic) bond motifs is 1. The van der Waals surface area contributed by atoms with Crippen molar-refractivity contribution in [3.05, 3.63) is 22.7 Å². The number of aromatic nitrogens is 1. The number of ether oxygens (including phenoxy) is 1. The summed E-state index contributed by atoms with van der Waals surface area (Å²) >= 11 is 7.88. The first kappa shape index (κ1) is 17.1. The molecule has 2 aromatic rings. The maximum absolute atomic E-state index is 12.5.